The van der Waals surface area contributed by atoms with Gasteiger partial charge in [0.1, 0.15) is 5.76 Å². The van der Waals surface area contributed by atoms with E-state index in [0.29, 0.717) is 16.9 Å². The minimum absolute atomic E-state index is 0.173. The molecule has 0 radical (unpaired) electrons. The number of allylic oxidation sites excluding steroid dienone is 1. The van der Waals surface area contributed by atoms with Crippen LogP contribution in [-0.4, -0.2) is 16.1 Å². The summed E-state index contributed by atoms with van der Waals surface area (Å²) in [4.78, 5) is 25.6. The van der Waals surface area contributed by atoms with Crippen LogP contribution in [0.3, 0.4) is 0 Å². The van der Waals surface area contributed by atoms with Crippen molar-refractivity contribution in [3.63, 3.8) is 0 Å². The number of carbonyl (C=O) groups is 2. The van der Waals surface area contributed by atoms with Crippen molar-refractivity contribution in [1.29, 1.82) is 0 Å². The first kappa shape index (κ1) is 17.9. The molecular weight excluding hydrogens is 418 g/mol. The second-order valence-corrected chi connectivity index (χ2v) is 9.71. The summed E-state index contributed by atoms with van der Waals surface area (Å²) in [6, 6.07) is 16.7. The van der Waals surface area contributed by atoms with Gasteiger partial charge in [0, 0.05) is 43.6 Å². The van der Waals surface area contributed by atoms with E-state index < -0.39 is 0 Å². The lowest BCUT2D eigenvalue weighted by Crippen LogP contribution is -2.24. The first-order valence-electron chi connectivity index (χ1n) is 10.5. The fourth-order valence-electron chi connectivity index (χ4n) is 5.28. The van der Waals surface area contributed by atoms with E-state index in [-0.39, 0.29) is 22.6 Å². The van der Waals surface area contributed by atoms with Gasteiger partial charge in [-0.15, -0.1) is 0 Å². The second-order valence-electron chi connectivity index (χ2n) is 8.96. The molecule has 5 heteroatoms. The number of rotatable bonds is 1. The first-order valence-corrected chi connectivity index (χ1v) is 11.5. The molecule has 0 N–H and O–H groups in total. The molecule has 0 fully saturated rings. The van der Waals surface area contributed by atoms with Crippen LogP contribution >= 0.6 is 11.3 Å². The highest BCUT2D eigenvalue weighted by Crippen LogP contribution is 2.48. The number of aromatic nitrogens is 1. The summed E-state index contributed by atoms with van der Waals surface area (Å²) in [5.74, 6) is 0.820. The van der Waals surface area contributed by atoms with Gasteiger partial charge in [0.05, 0.1) is 16.6 Å². The molecular formula is C27H17NO3S. The van der Waals surface area contributed by atoms with Crippen LogP contribution < -0.4 is 0 Å². The Morgan fingerprint density at radius 2 is 1.62 bits per heavy atom. The van der Waals surface area contributed by atoms with Gasteiger partial charge in [-0.25, -0.2) is 0 Å². The monoisotopic (exact) mass is 435 g/mol. The number of benzene rings is 2. The number of furan rings is 1. The molecule has 0 bridgehead atoms. The quantitative estimate of drug-likeness (QED) is 0.222. The maximum atomic E-state index is 12.8. The Kier molecular flexibility index (Phi) is 3.22. The Balaban J connectivity index is 1.51. The van der Waals surface area contributed by atoms with Crippen LogP contribution in [-0.2, 0) is 5.41 Å². The summed E-state index contributed by atoms with van der Waals surface area (Å²) < 4.78 is 8.55. The number of Topliss-reactive ketones (excluding diaryl/α,β-unsaturated/α-hetero) is 2. The van der Waals surface area contributed by atoms with Crippen LogP contribution in [0.25, 0.3) is 33.8 Å². The van der Waals surface area contributed by atoms with Crippen LogP contribution in [0.4, 0.5) is 0 Å². The zero-order chi connectivity index (χ0) is 21.8. The van der Waals surface area contributed by atoms with Gasteiger partial charge in [0.2, 0.25) is 5.88 Å². The molecule has 1 aliphatic heterocycles. The number of hydrogen-bond donors (Lipinski definition) is 0. The first-order chi connectivity index (χ1) is 15.5. The molecule has 32 heavy (non-hydrogen) atoms. The Hall–Kier alpha value is -3.70. The standard InChI is InChI=1S/C27H17NO3S/c1-27(2)20-8-5-7-16-15-6-3-4-9-22(15)28(23(16)20)26-21(27)11-14(31-26)10-17-24(29)18-12-32-13-19(18)25(17)30/h3-13H,1-2H3. The number of nitrogens with zero attached hydrogens (tertiary/aromatic N) is 1. The largest absolute Gasteiger partial charge is 0.440 e. The van der Waals surface area contributed by atoms with E-state index in [1.54, 1.807) is 16.8 Å². The van der Waals surface area contributed by atoms with E-state index in [1.807, 2.05) is 12.1 Å². The number of fused-ring (bicyclic) bond motifs is 6. The zero-order valence-corrected chi connectivity index (χ0v) is 18.2. The molecule has 2 aromatic carbocycles. The Bertz CT molecular complexity index is 1660. The van der Waals surface area contributed by atoms with Gasteiger partial charge in [-0.3, -0.25) is 14.2 Å². The Morgan fingerprint density at radius 1 is 0.906 bits per heavy atom. The maximum Gasteiger partial charge on any atom is 0.209 e. The average Bonchev–Trinajstić information content (AvgIpc) is 3.54. The SMILES string of the molecule is CC1(C)c2cc(C=C3C(=O)c4cscc4C3=O)oc2-n2c3ccccc3c3cccc1c32. The van der Waals surface area contributed by atoms with E-state index in [9.17, 15) is 9.59 Å². The van der Waals surface area contributed by atoms with Crippen molar-refractivity contribution >= 4 is 50.8 Å². The summed E-state index contributed by atoms with van der Waals surface area (Å²) in [6.07, 6.45) is 1.61. The summed E-state index contributed by atoms with van der Waals surface area (Å²) in [5.41, 5.74) is 5.37. The molecule has 3 aromatic heterocycles. The molecule has 5 aromatic rings. The fourth-order valence-corrected chi connectivity index (χ4v) is 6.09. The van der Waals surface area contributed by atoms with Crippen molar-refractivity contribution in [2.24, 2.45) is 0 Å². The summed E-state index contributed by atoms with van der Waals surface area (Å²) in [7, 11) is 0. The lowest BCUT2D eigenvalue weighted by atomic mass is 9.76. The van der Waals surface area contributed by atoms with E-state index in [2.05, 4.69) is 54.8 Å². The smallest absolute Gasteiger partial charge is 0.209 e. The highest BCUT2D eigenvalue weighted by Gasteiger charge is 2.39. The third-order valence-corrected chi connectivity index (χ3v) is 7.65. The van der Waals surface area contributed by atoms with Crippen LogP contribution in [0.5, 0.6) is 0 Å². The summed E-state index contributed by atoms with van der Waals surface area (Å²) >= 11 is 1.38. The molecule has 0 unspecified atom stereocenters. The number of hydrogen-bond acceptors (Lipinski definition) is 4. The van der Waals surface area contributed by atoms with Crippen molar-refractivity contribution in [1.82, 2.24) is 4.57 Å². The third kappa shape index (κ3) is 2.02. The molecule has 0 atom stereocenters. The number of para-hydroxylation sites is 2. The number of ketones is 2. The van der Waals surface area contributed by atoms with Crippen LogP contribution in [0.1, 0.15) is 51.5 Å². The minimum atomic E-state index is -0.290. The van der Waals surface area contributed by atoms with E-state index >= 15 is 0 Å². The molecule has 0 saturated carbocycles. The van der Waals surface area contributed by atoms with Crippen LogP contribution in [0, 0.1) is 0 Å². The topological polar surface area (TPSA) is 52.2 Å². The third-order valence-electron chi connectivity index (χ3n) is 6.90. The van der Waals surface area contributed by atoms with Crippen molar-refractivity contribution in [2.45, 2.75) is 19.3 Å². The van der Waals surface area contributed by atoms with E-state index in [1.165, 1.54) is 27.7 Å². The average molecular weight is 436 g/mol. The minimum Gasteiger partial charge on any atom is -0.440 e. The van der Waals surface area contributed by atoms with Gasteiger partial charge in [0.15, 0.2) is 11.6 Å². The van der Waals surface area contributed by atoms with Crippen molar-refractivity contribution < 1.29 is 14.0 Å². The van der Waals surface area contributed by atoms with Gasteiger partial charge in [-0.05, 0) is 23.8 Å². The van der Waals surface area contributed by atoms with Crippen LogP contribution in [0.2, 0.25) is 0 Å². The predicted octanol–water partition coefficient (Wildman–Crippen LogP) is 6.54. The van der Waals surface area contributed by atoms with Gasteiger partial charge in [0.25, 0.3) is 0 Å². The van der Waals surface area contributed by atoms with Crippen molar-refractivity contribution in [3.05, 3.63) is 92.9 Å². The van der Waals surface area contributed by atoms with Crippen LogP contribution in [0.15, 0.2) is 69.3 Å². The maximum absolute atomic E-state index is 12.8. The molecule has 4 heterocycles. The summed E-state index contributed by atoms with van der Waals surface area (Å²) in [6.45, 7) is 4.38. The molecule has 1 aliphatic carbocycles. The molecule has 2 aliphatic rings. The lowest BCUT2D eigenvalue weighted by Gasteiger charge is -2.31. The molecule has 4 nitrogen and oxygen atoms in total. The fraction of sp³-hybridized carbons (Fsp3) is 0.111. The molecule has 0 spiro atoms. The molecule has 154 valence electrons. The normalized spacial score (nSPS) is 16.1. The summed E-state index contributed by atoms with van der Waals surface area (Å²) in [5, 5.41) is 5.85. The van der Waals surface area contributed by atoms with Gasteiger partial charge < -0.3 is 4.42 Å². The number of carbonyl (C=O) groups excluding carboxylic acids is 2. The molecule has 0 amide bonds. The van der Waals surface area contributed by atoms with Crippen molar-refractivity contribution in [3.8, 4) is 5.88 Å². The predicted molar refractivity (Wildman–Crippen MR) is 126 cm³/mol. The zero-order valence-electron chi connectivity index (χ0n) is 17.4. The molecule has 0 saturated heterocycles. The second kappa shape index (κ2) is 5.75. The number of thiophene rings is 1. The lowest BCUT2D eigenvalue weighted by molar-refractivity contribution is 0.0990. The van der Waals surface area contributed by atoms with E-state index in [4.69, 9.17) is 4.42 Å². The van der Waals surface area contributed by atoms with Crippen molar-refractivity contribution in [2.75, 3.05) is 0 Å². The van der Waals surface area contributed by atoms with Gasteiger partial charge >= 0.3 is 0 Å². The van der Waals surface area contributed by atoms with Gasteiger partial charge in [-0.1, -0.05) is 50.2 Å². The highest BCUT2D eigenvalue weighted by atomic mass is 32.1. The highest BCUT2D eigenvalue weighted by molar-refractivity contribution is 7.08. The van der Waals surface area contributed by atoms with E-state index in [0.717, 1.165) is 22.5 Å². The Labute approximate surface area is 187 Å². The Morgan fingerprint density at radius 3 is 2.41 bits per heavy atom. The molecule has 7 rings (SSSR count). The van der Waals surface area contributed by atoms with Gasteiger partial charge in [-0.2, -0.15) is 11.3 Å².